The number of carbonyl (C=O) groups excluding carboxylic acids is 1. The standard InChI is InChI=1S/C23H20ClN3O2S/c1-3-29-20-9-10-25-19-8-7-15(11-16(19)20)12-21-22(28)27-23(30-21)26-13-17-14(2)5-4-6-18(17)24/h4-12H,3,13H2,1-2H3,(H,26,27,28)/b21-12-. The van der Waals surface area contributed by atoms with Crippen molar-refractivity contribution in [1.29, 1.82) is 0 Å². The molecule has 1 aromatic heterocycles. The number of hydrogen-bond acceptors (Lipinski definition) is 5. The van der Waals surface area contributed by atoms with E-state index in [1.165, 1.54) is 11.8 Å². The SMILES string of the molecule is CCOc1ccnc2ccc(/C=C3\SC(NCc4c(C)cccc4Cl)=NC3=O)cc12. The molecule has 1 aliphatic rings. The maximum atomic E-state index is 12.4. The zero-order chi connectivity index (χ0) is 21.1. The number of hydrogen-bond donors (Lipinski definition) is 1. The molecule has 4 rings (SSSR count). The fourth-order valence-electron chi connectivity index (χ4n) is 3.20. The van der Waals surface area contributed by atoms with Crippen LogP contribution in [0.5, 0.6) is 5.75 Å². The molecule has 7 heteroatoms. The van der Waals surface area contributed by atoms with Gasteiger partial charge < -0.3 is 10.1 Å². The number of aromatic nitrogens is 1. The Morgan fingerprint density at radius 3 is 2.90 bits per heavy atom. The van der Waals surface area contributed by atoms with E-state index in [1.807, 2.05) is 62.4 Å². The van der Waals surface area contributed by atoms with Crippen LogP contribution in [0.15, 0.2) is 58.6 Å². The van der Waals surface area contributed by atoms with Crippen molar-refractivity contribution in [3.05, 3.63) is 75.3 Å². The van der Waals surface area contributed by atoms with E-state index in [4.69, 9.17) is 16.3 Å². The van der Waals surface area contributed by atoms with Gasteiger partial charge in [-0.1, -0.05) is 29.8 Å². The number of nitrogens with zero attached hydrogens (tertiary/aromatic N) is 2. The van der Waals surface area contributed by atoms with Crippen LogP contribution in [0.1, 0.15) is 23.6 Å². The molecule has 1 N–H and O–H groups in total. The molecule has 0 aliphatic carbocycles. The molecule has 0 saturated carbocycles. The lowest BCUT2D eigenvalue weighted by Gasteiger charge is -2.09. The lowest BCUT2D eigenvalue weighted by molar-refractivity contribution is -0.113. The third-order valence-electron chi connectivity index (χ3n) is 4.71. The van der Waals surface area contributed by atoms with E-state index >= 15 is 0 Å². The molecule has 1 aliphatic heterocycles. The molecule has 5 nitrogen and oxygen atoms in total. The van der Waals surface area contributed by atoms with Crippen molar-refractivity contribution < 1.29 is 9.53 Å². The number of aryl methyl sites for hydroxylation is 1. The van der Waals surface area contributed by atoms with Crippen molar-refractivity contribution in [3.8, 4) is 5.75 Å². The third kappa shape index (κ3) is 4.35. The first-order chi connectivity index (χ1) is 14.5. The topological polar surface area (TPSA) is 63.6 Å². The Morgan fingerprint density at radius 1 is 1.23 bits per heavy atom. The Kier molecular flexibility index (Phi) is 6.06. The van der Waals surface area contributed by atoms with Crippen molar-refractivity contribution >= 4 is 51.4 Å². The van der Waals surface area contributed by atoms with Gasteiger partial charge in [0.2, 0.25) is 0 Å². The summed E-state index contributed by atoms with van der Waals surface area (Å²) in [6.45, 7) is 5.04. The number of benzene rings is 2. The molecule has 0 fully saturated rings. The summed E-state index contributed by atoms with van der Waals surface area (Å²) in [5, 5.41) is 5.40. The van der Waals surface area contributed by atoms with Crippen LogP contribution in [0.25, 0.3) is 17.0 Å². The zero-order valence-electron chi connectivity index (χ0n) is 16.6. The van der Waals surface area contributed by atoms with Crippen molar-refractivity contribution in [3.63, 3.8) is 0 Å². The number of nitrogens with one attached hydrogen (secondary N) is 1. The van der Waals surface area contributed by atoms with E-state index in [1.54, 1.807) is 6.20 Å². The summed E-state index contributed by atoms with van der Waals surface area (Å²) >= 11 is 7.61. The molecule has 0 unspecified atom stereocenters. The van der Waals surface area contributed by atoms with E-state index in [-0.39, 0.29) is 5.91 Å². The number of fused-ring (bicyclic) bond motifs is 1. The fourth-order valence-corrected chi connectivity index (χ4v) is 4.30. The first kappa shape index (κ1) is 20.4. The summed E-state index contributed by atoms with van der Waals surface area (Å²) in [5.74, 6) is 0.525. The highest BCUT2D eigenvalue weighted by Crippen LogP contribution is 2.30. The second-order valence-electron chi connectivity index (χ2n) is 6.74. The van der Waals surface area contributed by atoms with E-state index in [2.05, 4.69) is 15.3 Å². The maximum absolute atomic E-state index is 12.4. The second-order valence-corrected chi connectivity index (χ2v) is 8.18. The summed E-state index contributed by atoms with van der Waals surface area (Å²) in [4.78, 5) is 21.5. The van der Waals surface area contributed by atoms with Gasteiger partial charge in [-0.3, -0.25) is 9.78 Å². The van der Waals surface area contributed by atoms with Gasteiger partial charge in [-0.25, -0.2) is 0 Å². The lowest BCUT2D eigenvalue weighted by atomic mass is 10.1. The Balaban J connectivity index is 1.52. The number of pyridine rings is 1. The predicted octanol–water partition coefficient (Wildman–Crippen LogP) is 5.36. The molecule has 2 heterocycles. The Morgan fingerprint density at radius 2 is 2.10 bits per heavy atom. The van der Waals surface area contributed by atoms with Gasteiger partial charge in [0.15, 0.2) is 5.17 Å². The van der Waals surface area contributed by atoms with Gasteiger partial charge in [-0.2, -0.15) is 4.99 Å². The highest BCUT2D eigenvalue weighted by molar-refractivity contribution is 8.18. The highest BCUT2D eigenvalue weighted by atomic mass is 35.5. The summed E-state index contributed by atoms with van der Waals surface area (Å²) in [5.41, 5.74) is 3.83. The van der Waals surface area contributed by atoms with Crippen molar-refractivity contribution in [2.24, 2.45) is 4.99 Å². The van der Waals surface area contributed by atoms with Gasteiger partial charge in [-0.15, -0.1) is 0 Å². The van der Waals surface area contributed by atoms with Crippen LogP contribution in [0.4, 0.5) is 0 Å². The van der Waals surface area contributed by atoms with Crippen LogP contribution in [0.3, 0.4) is 0 Å². The Bertz CT molecular complexity index is 1170. The molecule has 0 bridgehead atoms. The molecule has 0 atom stereocenters. The average molecular weight is 438 g/mol. The lowest BCUT2D eigenvalue weighted by Crippen LogP contribution is -2.19. The fraction of sp³-hybridized carbons (Fsp3) is 0.174. The van der Waals surface area contributed by atoms with E-state index in [9.17, 15) is 4.79 Å². The minimum atomic E-state index is -0.255. The minimum Gasteiger partial charge on any atom is -0.493 e. The summed E-state index contributed by atoms with van der Waals surface area (Å²) < 4.78 is 5.70. The van der Waals surface area contributed by atoms with Gasteiger partial charge in [-0.05, 0) is 72.6 Å². The molecule has 3 aromatic rings. The van der Waals surface area contributed by atoms with Crippen LogP contribution in [0.2, 0.25) is 5.02 Å². The molecular weight excluding hydrogens is 418 g/mol. The number of rotatable bonds is 5. The maximum Gasteiger partial charge on any atom is 0.286 e. The van der Waals surface area contributed by atoms with Gasteiger partial charge in [0.25, 0.3) is 5.91 Å². The monoisotopic (exact) mass is 437 g/mol. The van der Waals surface area contributed by atoms with Crippen LogP contribution < -0.4 is 10.1 Å². The molecule has 0 spiro atoms. The second kappa shape index (κ2) is 8.90. The normalized spacial score (nSPS) is 15.0. The molecule has 30 heavy (non-hydrogen) atoms. The van der Waals surface area contributed by atoms with Crippen molar-refractivity contribution in [2.45, 2.75) is 20.4 Å². The number of ether oxygens (including phenoxy) is 1. The number of halogens is 1. The first-order valence-corrected chi connectivity index (χ1v) is 10.8. The molecule has 1 amide bonds. The number of aliphatic imine (C=N–C) groups is 1. The molecule has 0 radical (unpaired) electrons. The van der Waals surface area contributed by atoms with Crippen LogP contribution in [0, 0.1) is 6.92 Å². The van der Waals surface area contributed by atoms with Crippen molar-refractivity contribution in [1.82, 2.24) is 10.3 Å². The third-order valence-corrected chi connectivity index (χ3v) is 6.01. The number of amidine groups is 1. The van der Waals surface area contributed by atoms with Crippen LogP contribution in [-0.4, -0.2) is 22.7 Å². The van der Waals surface area contributed by atoms with Gasteiger partial charge in [0, 0.05) is 23.2 Å². The van der Waals surface area contributed by atoms with E-state index < -0.39 is 0 Å². The van der Waals surface area contributed by atoms with E-state index in [0.29, 0.717) is 28.2 Å². The predicted molar refractivity (Wildman–Crippen MR) is 124 cm³/mol. The van der Waals surface area contributed by atoms with Gasteiger partial charge in [0.1, 0.15) is 5.75 Å². The molecule has 2 aromatic carbocycles. The van der Waals surface area contributed by atoms with Crippen LogP contribution >= 0.6 is 23.4 Å². The Hall–Kier alpha value is -2.83. The average Bonchev–Trinajstić information content (AvgIpc) is 3.07. The summed E-state index contributed by atoms with van der Waals surface area (Å²) in [7, 11) is 0. The molecular formula is C23H20ClN3O2S. The Labute approximate surface area is 184 Å². The summed E-state index contributed by atoms with van der Waals surface area (Å²) in [6.07, 6.45) is 3.57. The van der Waals surface area contributed by atoms with Gasteiger partial charge >= 0.3 is 0 Å². The minimum absolute atomic E-state index is 0.255. The summed E-state index contributed by atoms with van der Waals surface area (Å²) in [6, 6.07) is 13.5. The highest BCUT2D eigenvalue weighted by Gasteiger charge is 2.22. The quantitative estimate of drug-likeness (QED) is 0.544. The smallest absolute Gasteiger partial charge is 0.286 e. The van der Waals surface area contributed by atoms with Gasteiger partial charge in [0.05, 0.1) is 17.0 Å². The molecule has 152 valence electrons. The molecule has 0 saturated heterocycles. The van der Waals surface area contributed by atoms with E-state index in [0.717, 1.165) is 33.3 Å². The van der Waals surface area contributed by atoms with Crippen molar-refractivity contribution in [2.75, 3.05) is 6.61 Å². The number of thioether (sulfide) groups is 1. The number of carbonyl (C=O) groups is 1. The van der Waals surface area contributed by atoms with Crippen LogP contribution in [-0.2, 0) is 11.3 Å². The first-order valence-electron chi connectivity index (χ1n) is 9.57. The number of amides is 1. The zero-order valence-corrected chi connectivity index (χ0v) is 18.2. The largest absolute Gasteiger partial charge is 0.493 e.